The van der Waals surface area contributed by atoms with Crippen LogP contribution in [0.5, 0.6) is 0 Å². The van der Waals surface area contributed by atoms with Gasteiger partial charge in [-0.05, 0) is 38.1 Å². The molecule has 1 heterocycles. The number of nitrogens with one attached hydrogen (secondary N) is 1. The molecule has 2 aromatic carbocycles. The Labute approximate surface area is 171 Å². The lowest BCUT2D eigenvalue weighted by Crippen LogP contribution is -2.30. The molecular formula is C19H16Cl2N4O3. The Morgan fingerprint density at radius 2 is 1.79 bits per heavy atom. The third kappa shape index (κ3) is 4.32. The predicted molar refractivity (Wildman–Crippen MR) is 106 cm³/mol. The van der Waals surface area contributed by atoms with Crippen LogP contribution in [-0.2, 0) is 9.53 Å². The van der Waals surface area contributed by atoms with Gasteiger partial charge < -0.3 is 10.1 Å². The summed E-state index contributed by atoms with van der Waals surface area (Å²) in [6.07, 6.45) is -1.08. The minimum Gasteiger partial charge on any atom is -0.448 e. The molecule has 3 rings (SSSR count). The Bertz CT molecular complexity index is 1020. The molecule has 0 spiro atoms. The highest BCUT2D eigenvalue weighted by Gasteiger charge is 2.24. The van der Waals surface area contributed by atoms with Crippen molar-refractivity contribution >= 4 is 40.8 Å². The summed E-state index contributed by atoms with van der Waals surface area (Å²) < 4.78 is 5.23. The number of anilines is 1. The predicted octanol–water partition coefficient (Wildman–Crippen LogP) is 4.07. The van der Waals surface area contributed by atoms with Gasteiger partial charge in [0.2, 0.25) is 0 Å². The summed E-state index contributed by atoms with van der Waals surface area (Å²) >= 11 is 12.0. The van der Waals surface area contributed by atoms with E-state index in [1.54, 1.807) is 37.3 Å². The lowest BCUT2D eigenvalue weighted by molar-refractivity contribution is -0.123. The number of halogens is 2. The summed E-state index contributed by atoms with van der Waals surface area (Å²) in [7, 11) is 0. The van der Waals surface area contributed by atoms with Gasteiger partial charge >= 0.3 is 5.97 Å². The number of nitrogens with zero attached hydrogens (tertiary/aromatic N) is 3. The highest BCUT2D eigenvalue weighted by molar-refractivity contribution is 6.44. The molecule has 0 bridgehead atoms. The maximum Gasteiger partial charge on any atom is 0.361 e. The van der Waals surface area contributed by atoms with Crippen molar-refractivity contribution in [2.45, 2.75) is 20.0 Å². The number of hydrogen-bond donors (Lipinski definition) is 1. The van der Waals surface area contributed by atoms with Crippen LogP contribution in [0.2, 0.25) is 10.0 Å². The van der Waals surface area contributed by atoms with E-state index in [0.29, 0.717) is 22.1 Å². The number of carbonyl (C=O) groups excluding carboxylic acids is 2. The molecule has 7 nitrogen and oxygen atoms in total. The van der Waals surface area contributed by atoms with Crippen LogP contribution in [-0.4, -0.2) is 33.0 Å². The van der Waals surface area contributed by atoms with Crippen molar-refractivity contribution in [3.63, 3.8) is 0 Å². The van der Waals surface area contributed by atoms with Gasteiger partial charge in [-0.2, -0.15) is 9.90 Å². The fraction of sp³-hybridized carbons (Fsp3) is 0.158. The van der Waals surface area contributed by atoms with E-state index in [4.69, 9.17) is 27.9 Å². The largest absolute Gasteiger partial charge is 0.448 e. The quantitative estimate of drug-likeness (QED) is 0.631. The first-order chi connectivity index (χ1) is 13.4. The molecule has 1 unspecified atom stereocenters. The van der Waals surface area contributed by atoms with E-state index in [2.05, 4.69) is 15.5 Å². The van der Waals surface area contributed by atoms with Crippen LogP contribution in [0.15, 0.2) is 48.5 Å². The molecule has 0 fully saturated rings. The van der Waals surface area contributed by atoms with Crippen molar-refractivity contribution < 1.29 is 14.3 Å². The second kappa shape index (κ2) is 8.41. The minimum atomic E-state index is -1.08. The van der Waals surface area contributed by atoms with Crippen molar-refractivity contribution in [1.82, 2.24) is 15.0 Å². The molecule has 0 aliphatic heterocycles. The van der Waals surface area contributed by atoms with Gasteiger partial charge in [-0.3, -0.25) is 4.79 Å². The van der Waals surface area contributed by atoms with Crippen molar-refractivity contribution in [2.24, 2.45) is 0 Å². The van der Waals surface area contributed by atoms with Crippen molar-refractivity contribution in [2.75, 3.05) is 5.32 Å². The summed E-state index contributed by atoms with van der Waals surface area (Å²) in [5, 5.41) is 11.5. The molecule has 0 radical (unpaired) electrons. The Morgan fingerprint density at radius 3 is 2.50 bits per heavy atom. The maximum absolute atomic E-state index is 12.4. The zero-order chi connectivity index (χ0) is 20.3. The summed E-state index contributed by atoms with van der Waals surface area (Å²) in [5.74, 6) is -1.30. The van der Waals surface area contributed by atoms with Crippen molar-refractivity contribution in [3.8, 4) is 5.69 Å². The average molecular weight is 419 g/mol. The molecule has 1 atom stereocenters. The zero-order valence-electron chi connectivity index (χ0n) is 15.0. The second-order valence-corrected chi connectivity index (χ2v) is 6.68. The first-order valence-corrected chi connectivity index (χ1v) is 9.07. The van der Waals surface area contributed by atoms with Crippen molar-refractivity contribution in [3.05, 3.63) is 70.0 Å². The fourth-order valence-corrected chi connectivity index (χ4v) is 2.70. The number of aromatic nitrogens is 3. The third-order valence-electron chi connectivity index (χ3n) is 3.83. The van der Waals surface area contributed by atoms with E-state index in [0.717, 1.165) is 0 Å². The average Bonchev–Trinajstić information content (AvgIpc) is 3.08. The fourth-order valence-electron chi connectivity index (χ4n) is 2.35. The maximum atomic E-state index is 12.4. The first-order valence-electron chi connectivity index (χ1n) is 8.32. The smallest absolute Gasteiger partial charge is 0.361 e. The van der Waals surface area contributed by atoms with Gasteiger partial charge in [-0.1, -0.05) is 47.5 Å². The van der Waals surface area contributed by atoms with Gasteiger partial charge in [0, 0.05) is 0 Å². The number of aryl methyl sites for hydroxylation is 1. The molecule has 9 heteroatoms. The second-order valence-electron chi connectivity index (χ2n) is 5.90. The molecular weight excluding hydrogens is 403 g/mol. The number of carbonyl (C=O) groups is 2. The molecule has 1 amide bonds. The molecule has 3 aromatic rings. The highest BCUT2D eigenvalue weighted by atomic mass is 35.5. The number of rotatable bonds is 5. The Morgan fingerprint density at radius 1 is 1.07 bits per heavy atom. The number of esters is 1. The number of ether oxygens (including phenoxy) is 1. The van der Waals surface area contributed by atoms with Gasteiger partial charge in [0.1, 0.15) is 0 Å². The monoisotopic (exact) mass is 418 g/mol. The molecule has 28 heavy (non-hydrogen) atoms. The first kappa shape index (κ1) is 19.9. The van der Waals surface area contributed by atoms with Crippen LogP contribution in [0.1, 0.15) is 23.1 Å². The normalized spacial score (nSPS) is 11.7. The lowest BCUT2D eigenvalue weighted by atomic mass is 10.3. The van der Waals surface area contributed by atoms with Crippen LogP contribution >= 0.6 is 23.2 Å². The lowest BCUT2D eigenvalue weighted by Gasteiger charge is -2.14. The summed E-state index contributed by atoms with van der Waals surface area (Å²) in [5.41, 5.74) is 1.45. The molecule has 144 valence electrons. The minimum absolute atomic E-state index is 0.0318. The van der Waals surface area contributed by atoms with Gasteiger partial charge in [0.05, 0.1) is 27.1 Å². The SMILES string of the molecule is Cc1nn(-c2ccccc2)nc1C(=O)OC(C)C(=O)Nc1cccc(Cl)c1Cl. The Balaban J connectivity index is 1.69. The Hall–Kier alpha value is -2.90. The highest BCUT2D eigenvalue weighted by Crippen LogP contribution is 2.29. The topological polar surface area (TPSA) is 86.1 Å². The van der Waals surface area contributed by atoms with Crippen LogP contribution in [0.3, 0.4) is 0 Å². The van der Waals surface area contributed by atoms with Gasteiger partial charge in [0.25, 0.3) is 5.91 Å². The van der Waals surface area contributed by atoms with Gasteiger partial charge in [0.15, 0.2) is 11.8 Å². The molecule has 0 saturated heterocycles. The number of para-hydroxylation sites is 1. The molecule has 0 aliphatic rings. The van der Waals surface area contributed by atoms with Crippen molar-refractivity contribution in [1.29, 1.82) is 0 Å². The number of benzene rings is 2. The summed E-state index contributed by atoms with van der Waals surface area (Å²) in [6.45, 7) is 3.09. The van der Waals surface area contributed by atoms with Crippen LogP contribution in [0, 0.1) is 6.92 Å². The van der Waals surface area contributed by atoms with Crippen LogP contribution in [0.4, 0.5) is 5.69 Å². The van der Waals surface area contributed by atoms with E-state index in [-0.39, 0.29) is 10.7 Å². The van der Waals surface area contributed by atoms with Gasteiger partial charge in [-0.25, -0.2) is 4.79 Å². The number of hydrogen-bond acceptors (Lipinski definition) is 5. The third-order valence-corrected chi connectivity index (χ3v) is 4.64. The molecule has 0 saturated carbocycles. The zero-order valence-corrected chi connectivity index (χ0v) is 16.5. The number of amides is 1. The van der Waals surface area contributed by atoms with Crippen LogP contribution in [0.25, 0.3) is 5.69 Å². The van der Waals surface area contributed by atoms with E-state index in [1.807, 2.05) is 18.2 Å². The van der Waals surface area contributed by atoms with E-state index >= 15 is 0 Å². The molecule has 1 N–H and O–H groups in total. The van der Waals surface area contributed by atoms with E-state index < -0.39 is 18.0 Å². The van der Waals surface area contributed by atoms with Gasteiger partial charge in [-0.15, -0.1) is 5.10 Å². The summed E-state index contributed by atoms with van der Waals surface area (Å²) in [4.78, 5) is 26.1. The standard InChI is InChI=1S/C19H16Cl2N4O3/c1-11-17(24-25(23-11)13-7-4-3-5-8-13)19(27)28-12(2)18(26)22-15-10-6-9-14(20)16(15)21/h3-10,12H,1-2H3,(H,22,26). The molecule has 1 aromatic heterocycles. The molecule has 0 aliphatic carbocycles. The van der Waals surface area contributed by atoms with E-state index in [9.17, 15) is 9.59 Å². The van der Waals surface area contributed by atoms with Crippen LogP contribution < -0.4 is 5.32 Å². The Kier molecular flexibility index (Phi) is 5.96. The van der Waals surface area contributed by atoms with E-state index in [1.165, 1.54) is 11.7 Å². The summed E-state index contributed by atoms with van der Waals surface area (Å²) in [6, 6.07) is 14.0.